The summed E-state index contributed by atoms with van der Waals surface area (Å²) in [5.41, 5.74) is -0.00633. The molecule has 14 heavy (non-hydrogen) atoms. The van der Waals surface area contributed by atoms with Crippen molar-refractivity contribution in [2.45, 2.75) is 0 Å². The minimum Gasteiger partial charge on any atom is -0.426 e. The summed E-state index contributed by atoms with van der Waals surface area (Å²) in [6.45, 7) is 0.140. The Morgan fingerprint density at radius 3 is 2.50 bits per heavy atom. The molecule has 0 aliphatic carbocycles. The molecular formula is C8H3Cl3O3. The summed E-state index contributed by atoms with van der Waals surface area (Å²) in [4.78, 5) is 21.0. The van der Waals surface area contributed by atoms with Gasteiger partial charge in [-0.2, -0.15) is 0 Å². The highest BCUT2D eigenvalue weighted by molar-refractivity contribution is 6.68. The van der Waals surface area contributed by atoms with Gasteiger partial charge in [0.25, 0.3) is 11.7 Å². The van der Waals surface area contributed by atoms with Crippen LogP contribution in [0.25, 0.3) is 0 Å². The second-order valence-corrected chi connectivity index (χ2v) is 3.35. The maximum absolute atomic E-state index is 10.9. The maximum Gasteiger partial charge on any atom is 0.298 e. The molecule has 0 bridgehead atoms. The van der Waals surface area contributed by atoms with Gasteiger partial charge < -0.3 is 4.74 Å². The van der Waals surface area contributed by atoms with Crippen molar-refractivity contribution in [1.82, 2.24) is 0 Å². The lowest BCUT2D eigenvalue weighted by Gasteiger charge is -2.06. The zero-order valence-corrected chi connectivity index (χ0v) is 8.86. The van der Waals surface area contributed by atoms with Crippen molar-refractivity contribution >= 4 is 46.5 Å². The van der Waals surface area contributed by atoms with Crippen LogP contribution >= 0.6 is 34.8 Å². The summed E-state index contributed by atoms with van der Waals surface area (Å²) < 4.78 is 4.51. The molecule has 0 aromatic heterocycles. The number of hydrogen-bond acceptors (Lipinski definition) is 3. The quantitative estimate of drug-likeness (QED) is 0.614. The van der Waals surface area contributed by atoms with Gasteiger partial charge in [0.2, 0.25) is 0 Å². The van der Waals surface area contributed by atoms with Gasteiger partial charge >= 0.3 is 0 Å². The highest BCUT2D eigenvalue weighted by Crippen LogP contribution is 2.35. The zero-order valence-electron chi connectivity index (χ0n) is 6.59. The van der Waals surface area contributed by atoms with Crippen molar-refractivity contribution in [1.29, 1.82) is 0 Å². The minimum atomic E-state index is -0.777. The van der Waals surface area contributed by atoms with Crippen LogP contribution in [0.5, 0.6) is 5.75 Å². The molecule has 0 radical (unpaired) electrons. The zero-order chi connectivity index (χ0) is 10.7. The molecule has 0 saturated carbocycles. The van der Waals surface area contributed by atoms with Gasteiger partial charge in [-0.3, -0.25) is 9.59 Å². The first-order valence-corrected chi connectivity index (χ1v) is 4.49. The molecular weight excluding hydrogens is 250 g/mol. The Morgan fingerprint density at radius 2 is 2.00 bits per heavy atom. The number of hydrogen-bond donors (Lipinski definition) is 0. The summed E-state index contributed by atoms with van der Waals surface area (Å²) in [6, 6.07) is 2.71. The third-order valence-corrected chi connectivity index (χ3v) is 2.42. The van der Waals surface area contributed by atoms with Crippen molar-refractivity contribution < 1.29 is 14.3 Å². The molecule has 0 fully saturated rings. The average molecular weight is 253 g/mol. The van der Waals surface area contributed by atoms with Crippen molar-refractivity contribution in [3.63, 3.8) is 0 Å². The van der Waals surface area contributed by atoms with Crippen LogP contribution in [0.3, 0.4) is 0 Å². The Kier molecular flexibility index (Phi) is 3.75. The molecule has 0 aliphatic heterocycles. The van der Waals surface area contributed by atoms with Crippen LogP contribution in [-0.2, 0) is 4.79 Å². The van der Waals surface area contributed by atoms with Gasteiger partial charge in [-0.05, 0) is 23.7 Å². The van der Waals surface area contributed by atoms with E-state index in [1.807, 2.05) is 0 Å². The minimum absolute atomic E-state index is 0.00633. The van der Waals surface area contributed by atoms with E-state index in [4.69, 9.17) is 34.8 Å². The van der Waals surface area contributed by atoms with E-state index in [1.165, 1.54) is 12.1 Å². The average Bonchev–Trinajstić information content (AvgIpc) is 2.13. The van der Waals surface area contributed by atoms with E-state index in [9.17, 15) is 9.59 Å². The molecule has 0 amide bonds. The molecule has 6 heteroatoms. The second-order valence-electron chi connectivity index (χ2n) is 2.23. The van der Waals surface area contributed by atoms with Gasteiger partial charge in [0.1, 0.15) is 5.02 Å². The van der Waals surface area contributed by atoms with Crippen LogP contribution in [0, 0.1) is 0 Å². The number of halogens is 3. The molecule has 1 rings (SSSR count). The summed E-state index contributed by atoms with van der Waals surface area (Å²) >= 11 is 16.6. The monoisotopic (exact) mass is 252 g/mol. The van der Waals surface area contributed by atoms with E-state index in [0.29, 0.717) is 0 Å². The van der Waals surface area contributed by atoms with Crippen LogP contribution in [0.4, 0.5) is 0 Å². The van der Waals surface area contributed by atoms with Crippen LogP contribution in [0.15, 0.2) is 12.1 Å². The Bertz CT molecular complexity index is 390. The van der Waals surface area contributed by atoms with Crippen LogP contribution in [0.2, 0.25) is 10.0 Å². The molecule has 1 aromatic carbocycles. The molecule has 0 unspecified atom stereocenters. The van der Waals surface area contributed by atoms with Crippen molar-refractivity contribution in [3.05, 3.63) is 27.7 Å². The fourth-order valence-electron chi connectivity index (χ4n) is 0.850. The van der Waals surface area contributed by atoms with Gasteiger partial charge in [0.15, 0.2) is 5.75 Å². The van der Waals surface area contributed by atoms with E-state index in [0.717, 1.165) is 0 Å². The predicted octanol–water partition coefficient (Wildman–Crippen LogP) is 2.91. The van der Waals surface area contributed by atoms with E-state index in [2.05, 4.69) is 4.74 Å². The SMILES string of the molecule is O=COc1c(C(=O)Cl)ccc(Cl)c1Cl. The van der Waals surface area contributed by atoms with Gasteiger partial charge in [-0.25, -0.2) is 0 Å². The second kappa shape index (κ2) is 4.64. The first-order chi connectivity index (χ1) is 6.57. The molecule has 0 heterocycles. The van der Waals surface area contributed by atoms with Crippen molar-refractivity contribution in [2.75, 3.05) is 0 Å². The first-order valence-electron chi connectivity index (χ1n) is 3.36. The lowest BCUT2D eigenvalue weighted by atomic mass is 10.2. The summed E-state index contributed by atoms with van der Waals surface area (Å²) in [6.07, 6.45) is 0. The maximum atomic E-state index is 10.9. The third kappa shape index (κ3) is 2.18. The van der Waals surface area contributed by atoms with E-state index < -0.39 is 5.24 Å². The number of carbonyl (C=O) groups excluding carboxylic acids is 2. The van der Waals surface area contributed by atoms with Crippen LogP contribution in [0.1, 0.15) is 10.4 Å². The number of benzene rings is 1. The van der Waals surface area contributed by atoms with E-state index in [1.54, 1.807) is 0 Å². The fourth-order valence-corrected chi connectivity index (χ4v) is 1.36. The Hall–Kier alpha value is -0.770. The van der Waals surface area contributed by atoms with Gasteiger partial charge in [0, 0.05) is 0 Å². The Balaban J connectivity index is 3.36. The molecule has 1 aromatic rings. The van der Waals surface area contributed by atoms with Gasteiger partial charge in [-0.1, -0.05) is 23.2 Å². The summed E-state index contributed by atoms with van der Waals surface area (Å²) in [5, 5.41) is -0.629. The van der Waals surface area contributed by atoms with Gasteiger partial charge in [-0.15, -0.1) is 0 Å². The van der Waals surface area contributed by atoms with Crippen molar-refractivity contribution in [3.8, 4) is 5.75 Å². The highest BCUT2D eigenvalue weighted by Gasteiger charge is 2.16. The summed E-state index contributed by atoms with van der Waals surface area (Å²) in [5.74, 6) is -0.130. The van der Waals surface area contributed by atoms with Gasteiger partial charge in [0.05, 0.1) is 10.6 Å². The molecule has 0 aliphatic rings. The predicted molar refractivity (Wildman–Crippen MR) is 53.3 cm³/mol. The van der Waals surface area contributed by atoms with Crippen LogP contribution < -0.4 is 4.74 Å². The molecule has 3 nitrogen and oxygen atoms in total. The summed E-state index contributed by atoms with van der Waals surface area (Å²) in [7, 11) is 0. The largest absolute Gasteiger partial charge is 0.426 e. The Labute approximate surface area is 94.5 Å². The highest BCUT2D eigenvalue weighted by atomic mass is 35.5. The molecule has 0 atom stereocenters. The van der Waals surface area contributed by atoms with E-state index in [-0.39, 0.29) is 27.8 Å². The number of rotatable bonds is 3. The Morgan fingerprint density at radius 1 is 1.36 bits per heavy atom. The molecule has 0 N–H and O–H groups in total. The van der Waals surface area contributed by atoms with Crippen LogP contribution in [-0.4, -0.2) is 11.7 Å². The number of ether oxygens (including phenoxy) is 1. The standard InChI is InChI=1S/C8H3Cl3O3/c9-5-2-1-4(8(11)13)7(6(5)10)14-3-12/h1-3H. The lowest BCUT2D eigenvalue weighted by Crippen LogP contribution is -1.98. The number of carbonyl (C=O) groups is 2. The molecule has 74 valence electrons. The normalized spacial score (nSPS) is 9.64. The van der Waals surface area contributed by atoms with Crippen molar-refractivity contribution in [2.24, 2.45) is 0 Å². The fraction of sp³-hybridized carbons (Fsp3) is 0. The first kappa shape index (κ1) is 11.3. The molecule has 0 saturated heterocycles. The lowest BCUT2D eigenvalue weighted by molar-refractivity contribution is -0.120. The topological polar surface area (TPSA) is 43.4 Å². The molecule has 0 spiro atoms. The third-order valence-electron chi connectivity index (χ3n) is 1.43. The smallest absolute Gasteiger partial charge is 0.298 e. The van der Waals surface area contributed by atoms with E-state index >= 15 is 0 Å².